The first kappa shape index (κ1) is 22.7. The molecule has 0 saturated carbocycles. The molecular weight excluding hydrogens is 440 g/mol. The smallest absolute Gasteiger partial charge is 0.254 e. The Bertz CT molecular complexity index is 1350. The predicted molar refractivity (Wildman–Crippen MR) is 128 cm³/mol. The molecule has 4 aromatic rings. The number of thiophene rings is 1. The third-order valence-corrected chi connectivity index (χ3v) is 6.19. The van der Waals surface area contributed by atoms with Gasteiger partial charge in [-0.15, -0.1) is 11.3 Å². The number of aryl methyl sites for hydroxylation is 3. The molecule has 2 amide bonds. The van der Waals surface area contributed by atoms with Crippen molar-refractivity contribution in [1.29, 1.82) is 0 Å². The zero-order valence-corrected chi connectivity index (χ0v) is 20.3. The summed E-state index contributed by atoms with van der Waals surface area (Å²) in [6.07, 6.45) is 1.66. The number of carbonyl (C=O) groups excluding carboxylic acids is 2. The fraction of sp³-hybridized carbons (Fsp3) is 0.348. The topological polar surface area (TPSA) is 106 Å². The van der Waals surface area contributed by atoms with Gasteiger partial charge in [0.25, 0.3) is 5.91 Å². The zero-order chi connectivity index (χ0) is 23.9. The second-order valence-electron chi connectivity index (χ2n) is 8.33. The summed E-state index contributed by atoms with van der Waals surface area (Å²) in [6, 6.07) is 5.56. The van der Waals surface area contributed by atoms with E-state index in [1.54, 1.807) is 43.6 Å². The van der Waals surface area contributed by atoms with Crippen LogP contribution in [0.25, 0.3) is 22.3 Å². The third kappa shape index (κ3) is 4.51. The lowest BCUT2D eigenvalue weighted by molar-refractivity contribution is -0.116. The van der Waals surface area contributed by atoms with Crippen LogP contribution in [0.2, 0.25) is 0 Å². The Morgan fingerprint density at radius 2 is 1.97 bits per heavy atom. The summed E-state index contributed by atoms with van der Waals surface area (Å²) in [6.45, 7) is 9.72. The molecule has 10 heteroatoms. The molecule has 9 nitrogen and oxygen atoms in total. The van der Waals surface area contributed by atoms with E-state index in [2.05, 4.69) is 21.6 Å². The van der Waals surface area contributed by atoms with Crippen LogP contribution in [0.15, 0.2) is 28.9 Å². The molecule has 0 saturated heterocycles. The fourth-order valence-corrected chi connectivity index (χ4v) is 4.63. The summed E-state index contributed by atoms with van der Waals surface area (Å²) in [5.41, 5.74) is 2.81. The number of anilines is 1. The van der Waals surface area contributed by atoms with E-state index < -0.39 is 0 Å². The van der Waals surface area contributed by atoms with E-state index in [1.807, 2.05) is 32.4 Å². The lowest BCUT2D eigenvalue weighted by atomic mass is 10.1. The summed E-state index contributed by atoms with van der Waals surface area (Å²) < 4.78 is 6.77. The minimum Gasteiger partial charge on any atom is -0.360 e. The first-order chi connectivity index (χ1) is 15.6. The number of nitrogens with one attached hydrogen (secondary N) is 1. The third-order valence-electron chi connectivity index (χ3n) is 5.23. The summed E-state index contributed by atoms with van der Waals surface area (Å²) >= 11 is 1.69. The number of hydrogen-bond donors (Lipinski definition) is 1. The zero-order valence-electron chi connectivity index (χ0n) is 19.5. The molecule has 0 bridgehead atoms. The van der Waals surface area contributed by atoms with Gasteiger partial charge >= 0.3 is 0 Å². The van der Waals surface area contributed by atoms with Gasteiger partial charge < -0.3 is 14.7 Å². The van der Waals surface area contributed by atoms with Crippen LogP contribution in [0, 0.1) is 20.8 Å². The Hall–Kier alpha value is -3.53. The van der Waals surface area contributed by atoms with Gasteiger partial charge in [-0.25, -0.2) is 9.67 Å². The fourth-order valence-electron chi connectivity index (χ4n) is 3.70. The average molecular weight is 467 g/mol. The number of amides is 2. The van der Waals surface area contributed by atoms with Gasteiger partial charge in [0.05, 0.1) is 29.4 Å². The van der Waals surface area contributed by atoms with Gasteiger partial charge in [-0.2, -0.15) is 5.10 Å². The van der Waals surface area contributed by atoms with E-state index >= 15 is 0 Å². The number of likely N-dealkylation sites (N-methyl/N-ethyl adjacent to an activating group) is 1. The Morgan fingerprint density at radius 1 is 1.21 bits per heavy atom. The Morgan fingerprint density at radius 3 is 2.58 bits per heavy atom. The summed E-state index contributed by atoms with van der Waals surface area (Å²) in [7, 11) is 1.59. The van der Waals surface area contributed by atoms with Crippen molar-refractivity contribution in [1.82, 2.24) is 24.8 Å². The Kier molecular flexibility index (Phi) is 6.03. The van der Waals surface area contributed by atoms with Gasteiger partial charge in [0.2, 0.25) is 5.91 Å². The van der Waals surface area contributed by atoms with Crippen LogP contribution < -0.4 is 5.32 Å². The van der Waals surface area contributed by atoms with Crippen LogP contribution in [-0.2, 0) is 4.79 Å². The lowest BCUT2D eigenvalue weighted by Gasteiger charge is -2.18. The van der Waals surface area contributed by atoms with Crippen LogP contribution in [0.3, 0.4) is 0 Å². The predicted octanol–water partition coefficient (Wildman–Crippen LogP) is 4.36. The largest absolute Gasteiger partial charge is 0.360 e. The second-order valence-corrected chi connectivity index (χ2v) is 9.79. The molecule has 1 N–H and O–H groups in total. The van der Waals surface area contributed by atoms with Crippen molar-refractivity contribution in [2.24, 2.45) is 0 Å². The Balaban J connectivity index is 1.69. The highest BCUT2D eigenvalue weighted by atomic mass is 32.1. The average Bonchev–Trinajstić information content (AvgIpc) is 3.44. The SMILES string of the molecule is Cc1cc(NC(=O)CN(C)C(=O)c2cc(-c3cc(C)sc3C)nc3c2cnn3C(C)C)no1. The van der Waals surface area contributed by atoms with E-state index in [0.29, 0.717) is 33.9 Å². The van der Waals surface area contributed by atoms with Crippen LogP contribution in [0.5, 0.6) is 0 Å². The molecule has 4 heterocycles. The van der Waals surface area contributed by atoms with Crippen LogP contribution in [0.1, 0.15) is 45.8 Å². The van der Waals surface area contributed by atoms with Crippen molar-refractivity contribution in [3.05, 3.63) is 45.5 Å². The van der Waals surface area contributed by atoms with Gasteiger partial charge in [0.1, 0.15) is 5.76 Å². The minimum absolute atomic E-state index is 0.0768. The van der Waals surface area contributed by atoms with E-state index in [-0.39, 0.29) is 24.4 Å². The first-order valence-electron chi connectivity index (χ1n) is 10.6. The van der Waals surface area contributed by atoms with Crippen LogP contribution in [-0.4, -0.2) is 50.2 Å². The standard InChI is InChI=1S/C23H26N6O3S/c1-12(2)29-22-18(10-24-29)17(9-19(25-22)16-8-14(4)33-15(16)5)23(31)28(6)11-21(30)26-20-7-13(3)32-27-20/h7-10,12H,11H2,1-6H3,(H,26,27,30). The molecule has 0 radical (unpaired) electrons. The van der Waals surface area contributed by atoms with Gasteiger partial charge in [-0.3, -0.25) is 9.59 Å². The van der Waals surface area contributed by atoms with Gasteiger partial charge in [-0.05, 0) is 46.8 Å². The van der Waals surface area contributed by atoms with E-state index in [4.69, 9.17) is 9.51 Å². The van der Waals surface area contributed by atoms with Crippen molar-refractivity contribution < 1.29 is 14.1 Å². The monoisotopic (exact) mass is 466 g/mol. The maximum atomic E-state index is 13.5. The molecule has 0 aliphatic rings. The maximum Gasteiger partial charge on any atom is 0.254 e. The van der Waals surface area contributed by atoms with Crippen molar-refractivity contribution in [2.75, 3.05) is 18.9 Å². The maximum absolute atomic E-state index is 13.5. The van der Waals surface area contributed by atoms with Gasteiger partial charge in [-0.1, -0.05) is 5.16 Å². The highest BCUT2D eigenvalue weighted by molar-refractivity contribution is 7.12. The molecule has 0 aliphatic carbocycles. The van der Waals surface area contributed by atoms with Crippen LogP contribution in [0.4, 0.5) is 5.82 Å². The normalized spacial score (nSPS) is 11.4. The molecule has 0 fully saturated rings. The van der Waals surface area contributed by atoms with E-state index in [0.717, 1.165) is 10.4 Å². The first-order valence-corrected chi connectivity index (χ1v) is 11.4. The quantitative estimate of drug-likeness (QED) is 0.452. The van der Waals surface area contributed by atoms with Crippen LogP contribution >= 0.6 is 11.3 Å². The lowest BCUT2D eigenvalue weighted by Crippen LogP contribution is -2.35. The summed E-state index contributed by atoms with van der Waals surface area (Å²) in [5.74, 6) is 0.242. The Labute approximate surface area is 195 Å². The number of aromatic nitrogens is 4. The number of nitrogens with zero attached hydrogens (tertiary/aromatic N) is 5. The summed E-state index contributed by atoms with van der Waals surface area (Å²) in [4.78, 5) is 34.4. The molecular formula is C23H26N6O3S. The van der Waals surface area contributed by atoms with Crippen molar-refractivity contribution in [3.63, 3.8) is 0 Å². The van der Waals surface area contributed by atoms with Crippen molar-refractivity contribution in [3.8, 4) is 11.3 Å². The summed E-state index contributed by atoms with van der Waals surface area (Å²) in [5, 5.41) is 11.5. The molecule has 0 spiro atoms. The van der Waals surface area contributed by atoms with E-state index in [1.165, 1.54) is 9.78 Å². The minimum atomic E-state index is -0.369. The molecule has 0 aliphatic heterocycles. The van der Waals surface area contributed by atoms with E-state index in [9.17, 15) is 9.59 Å². The highest BCUT2D eigenvalue weighted by Gasteiger charge is 2.23. The molecule has 4 aromatic heterocycles. The molecule has 172 valence electrons. The molecule has 0 unspecified atom stereocenters. The molecule has 0 aromatic carbocycles. The number of fused-ring (bicyclic) bond motifs is 1. The number of hydrogen-bond acceptors (Lipinski definition) is 7. The molecule has 4 rings (SSSR count). The molecule has 33 heavy (non-hydrogen) atoms. The number of carbonyl (C=O) groups is 2. The number of rotatable bonds is 6. The molecule has 0 atom stereocenters. The van der Waals surface area contributed by atoms with Gasteiger partial charge in [0.15, 0.2) is 11.5 Å². The second kappa shape index (κ2) is 8.78. The van der Waals surface area contributed by atoms with Crippen molar-refractivity contribution >= 4 is 40.0 Å². The van der Waals surface area contributed by atoms with Crippen molar-refractivity contribution in [2.45, 2.75) is 40.7 Å². The number of pyridine rings is 1. The van der Waals surface area contributed by atoms with Gasteiger partial charge in [0, 0.05) is 34.5 Å². The highest BCUT2D eigenvalue weighted by Crippen LogP contribution is 2.32.